The van der Waals surface area contributed by atoms with Gasteiger partial charge < -0.3 is 9.64 Å². The predicted octanol–water partition coefficient (Wildman–Crippen LogP) is 4.66. The van der Waals surface area contributed by atoms with Gasteiger partial charge in [0.2, 0.25) is 5.91 Å². The quantitative estimate of drug-likeness (QED) is 0.469. The van der Waals surface area contributed by atoms with Gasteiger partial charge in [-0.3, -0.25) is 14.6 Å². The second-order valence-electron chi connectivity index (χ2n) is 8.08. The normalized spacial score (nSPS) is 18.5. The number of pyridine rings is 1. The predicted molar refractivity (Wildman–Crippen MR) is 115 cm³/mol. The Balaban J connectivity index is 2.09. The number of unbranched alkanes of at least 4 members (excludes halogenated alkanes) is 1. The molecule has 1 aromatic heterocycles. The first-order valence-electron chi connectivity index (χ1n) is 10.1. The van der Waals surface area contributed by atoms with Crippen molar-refractivity contribution in [3.05, 3.63) is 47.7 Å². The number of aryl methyl sites for hydroxylation is 1. The molecule has 0 N–H and O–H groups in total. The molecule has 2 aromatic carbocycles. The molecule has 5 nitrogen and oxygen atoms in total. The van der Waals surface area contributed by atoms with Gasteiger partial charge >= 0.3 is 5.97 Å². The topological polar surface area (TPSA) is 59.5 Å². The molecule has 1 aliphatic rings. The number of carbonyl (C=O) groups excluding carboxylic acids is 2. The van der Waals surface area contributed by atoms with Crippen LogP contribution in [-0.4, -0.2) is 30.5 Å². The Morgan fingerprint density at radius 2 is 2.00 bits per heavy atom. The van der Waals surface area contributed by atoms with Crippen LogP contribution in [0.2, 0.25) is 0 Å². The maximum atomic E-state index is 13.7. The van der Waals surface area contributed by atoms with Crippen LogP contribution in [0.25, 0.3) is 21.7 Å². The van der Waals surface area contributed by atoms with Crippen LogP contribution in [0.15, 0.2) is 36.4 Å². The molecule has 5 heteroatoms. The van der Waals surface area contributed by atoms with Crippen molar-refractivity contribution < 1.29 is 14.3 Å². The Morgan fingerprint density at radius 3 is 2.72 bits per heavy atom. The number of amides is 1. The van der Waals surface area contributed by atoms with Gasteiger partial charge in [0.1, 0.15) is 5.41 Å². The molecule has 150 valence electrons. The summed E-state index contributed by atoms with van der Waals surface area (Å²) in [7, 11) is 1.36. The highest BCUT2D eigenvalue weighted by atomic mass is 16.5. The number of hydrogen-bond donors (Lipinski definition) is 0. The van der Waals surface area contributed by atoms with Crippen molar-refractivity contribution in [1.29, 1.82) is 0 Å². The van der Waals surface area contributed by atoms with Gasteiger partial charge in [-0.15, -0.1) is 0 Å². The van der Waals surface area contributed by atoms with Gasteiger partial charge in [-0.25, -0.2) is 0 Å². The van der Waals surface area contributed by atoms with Crippen molar-refractivity contribution in [3.63, 3.8) is 0 Å². The van der Waals surface area contributed by atoms with Crippen molar-refractivity contribution in [2.45, 2.75) is 45.4 Å². The number of rotatable bonds is 5. The van der Waals surface area contributed by atoms with Gasteiger partial charge in [0, 0.05) is 17.3 Å². The fraction of sp³-hybridized carbons (Fsp3) is 0.375. The van der Waals surface area contributed by atoms with E-state index in [1.165, 1.54) is 7.11 Å². The van der Waals surface area contributed by atoms with Crippen LogP contribution in [0.3, 0.4) is 0 Å². The lowest BCUT2D eigenvalue weighted by molar-refractivity contribution is -0.144. The highest BCUT2D eigenvalue weighted by Gasteiger charge is 2.47. The molecule has 1 unspecified atom stereocenters. The highest BCUT2D eigenvalue weighted by molar-refractivity contribution is 6.20. The van der Waals surface area contributed by atoms with Crippen molar-refractivity contribution in [1.82, 2.24) is 4.98 Å². The maximum absolute atomic E-state index is 13.7. The number of methoxy groups -OCH3 is 1. The number of ether oxygens (including phenoxy) is 1. The highest BCUT2D eigenvalue weighted by Crippen LogP contribution is 2.46. The summed E-state index contributed by atoms with van der Waals surface area (Å²) in [6, 6.07) is 12.3. The van der Waals surface area contributed by atoms with Gasteiger partial charge in [-0.1, -0.05) is 37.6 Å². The number of anilines is 1. The van der Waals surface area contributed by atoms with E-state index in [2.05, 4.69) is 25.1 Å². The minimum atomic E-state index is -1.06. The molecule has 2 heterocycles. The van der Waals surface area contributed by atoms with E-state index >= 15 is 0 Å². The molecular weight excluding hydrogens is 364 g/mol. The third-order valence-electron chi connectivity index (χ3n) is 5.95. The van der Waals surface area contributed by atoms with E-state index in [0.717, 1.165) is 45.8 Å². The second kappa shape index (κ2) is 7.14. The Hall–Kier alpha value is -2.95. The first-order valence-corrected chi connectivity index (χ1v) is 10.1. The summed E-state index contributed by atoms with van der Waals surface area (Å²) in [5, 5.41) is 3.08. The standard InChI is InChI=1S/C24H26N2O3/c1-5-6-12-26-19-9-7-8-17-16-11-10-15(2)13-18(16)25-22(21(17)19)24(3,23(26)28)14-20(27)29-4/h7-11,13H,5-6,12,14H2,1-4H3. The van der Waals surface area contributed by atoms with Gasteiger partial charge in [0.25, 0.3) is 0 Å². The monoisotopic (exact) mass is 390 g/mol. The Morgan fingerprint density at radius 1 is 1.21 bits per heavy atom. The molecule has 0 spiro atoms. The lowest BCUT2D eigenvalue weighted by Gasteiger charge is -2.39. The van der Waals surface area contributed by atoms with Crippen LogP contribution in [0.5, 0.6) is 0 Å². The van der Waals surface area contributed by atoms with Crippen LogP contribution in [0, 0.1) is 6.92 Å². The summed E-state index contributed by atoms with van der Waals surface area (Å²) in [4.78, 5) is 32.7. The number of fused-ring (bicyclic) bond motifs is 2. The van der Waals surface area contributed by atoms with Crippen LogP contribution >= 0.6 is 0 Å². The van der Waals surface area contributed by atoms with Gasteiger partial charge in [0.05, 0.1) is 30.4 Å². The summed E-state index contributed by atoms with van der Waals surface area (Å²) in [6.07, 6.45) is 1.85. The van der Waals surface area contributed by atoms with E-state index in [1.807, 2.05) is 36.9 Å². The molecule has 0 bridgehead atoms. The second-order valence-corrected chi connectivity index (χ2v) is 8.08. The van der Waals surface area contributed by atoms with Crippen molar-refractivity contribution in [2.75, 3.05) is 18.6 Å². The zero-order chi connectivity index (χ0) is 20.8. The SMILES string of the molecule is CCCCN1C(=O)C(C)(CC(=O)OC)c2nc3cc(C)ccc3c3cccc1c23. The largest absolute Gasteiger partial charge is 0.469 e. The lowest BCUT2D eigenvalue weighted by Crippen LogP contribution is -2.50. The fourth-order valence-corrected chi connectivity index (χ4v) is 4.34. The molecule has 3 aromatic rings. The smallest absolute Gasteiger partial charge is 0.306 e. The number of hydrogen-bond acceptors (Lipinski definition) is 4. The molecule has 0 fully saturated rings. The molecule has 4 rings (SSSR count). The Labute approximate surface area is 170 Å². The molecule has 1 aliphatic heterocycles. The van der Waals surface area contributed by atoms with Crippen molar-refractivity contribution >= 4 is 39.2 Å². The summed E-state index contributed by atoms with van der Waals surface area (Å²) in [5.74, 6) is -0.495. The van der Waals surface area contributed by atoms with E-state index in [4.69, 9.17) is 9.72 Å². The maximum Gasteiger partial charge on any atom is 0.306 e. The summed E-state index contributed by atoms with van der Waals surface area (Å²) < 4.78 is 4.94. The number of esters is 1. The van der Waals surface area contributed by atoms with E-state index in [1.54, 1.807) is 0 Å². The Kier molecular flexibility index (Phi) is 4.77. The van der Waals surface area contributed by atoms with Crippen LogP contribution in [-0.2, 0) is 19.7 Å². The van der Waals surface area contributed by atoms with Gasteiger partial charge in [0.15, 0.2) is 0 Å². The number of nitrogens with zero attached hydrogens (tertiary/aromatic N) is 2. The zero-order valence-electron chi connectivity index (χ0n) is 17.4. The molecule has 0 aliphatic carbocycles. The third kappa shape index (κ3) is 2.96. The molecule has 1 amide bonds. The van der Waals surface area contributed by atoms with Gasteiger partial charge in [-0.05, 0) is 43.4 Å². The minimum Gasteiger partial charge on any atom is -0.469 e. The van der Waals surface area contributed by atoms with Gasteiger partial charge in [-0.2, -0.15) is 0 Å². The number of aromatic nitrogens is 1. The lowest BCUT2D eigenvalue weighted by atomic mass is 9.75. The first-order chi connectivity index (χ1) is 13.9. The summed E-state index contributed by atoms with van der Waals surface area (Å²) in [5.41, 5.74) is 2.44. The van der Waals surface area contributed by atoms with E-state index in [-0.39, 0.29) is 12.3 Å². The summed E-state index contributed by atoms with van der Waals surface area (Å²) in [6.45, 7) is 6.58. The average Bonchev–Trinajstić information content (AvgIpc) is 2.71. The average molecular weight is 390 g/mol. The number of carbonyl (C=O) groups is 2. The molecular formula is C24H26N2O3. The van der Waals surface area contributed by atoms with Crippen LogP contribution < -0.4 is 4.90 Å². The molecule has 0 saturated carbocycles. The molecule has 0 saturated heterocycles. The minimum absolute atomic E-state index is 0.0291. The number of benzene rings is 2. The molecule has 1 atom stereocenters. The van der Waals surface area contributed by atoms with Crippen LogP contribution in [0.1, 0.15) is 44.4 Å². The Bertz CT molecular complexity index is 1140. The van der Waals surface area contributed by atoms with E-state index in [9.17, 15) is 9.59 Å². The first kappa shape index (κ1) is 19.4. The van der Waals surface area contributed by atoms with Crippen molar-refractivity contribution in [2.24, 2.45) is 0 Å². The third-order valence-corrected chi connectivity index (χ3v) is 5.95. The fourth-order valence-electron chi connectivity index (χ4n) is 4.34. The van der Waals surface area contributed by atoms with E-state index in [0.29, 0.717) is 12.2 Å². The van der Waals surface area contributed by atoms with E-state index < -0.39 is 11.4 Å². The molecule has 29 heavy (non-hydrogen) atoms. The zero-order valence-corrected chi connectivity index (χ0v) is 17.4. The van der Waals surface area contributed by atoms with Crippen LogP contribution in [0.4, 0.5) is 5.69 Å². The summed E-state index contributed by atoms with van der Waals surface area (Å²) >= 11 is 0. The molecule has 0 radical (unpaired) electrons. The van der Waals surface area contributed by atoms with Crippen molar-refractivity contribution in [3.8, 4) is 0 Å².